The number of hydrogen-bond donors (Lipinski definition) is 1. The molecular weight excluding hydrogens is 340 g/mol. The maximum Gasteiger partial charge on any atom is 0.352 e. The highest BCUT2D eigenvalue weighted by atomic mass is 31.2. The Balaban J connectivity index is 2.62. The molecule has 0 aromatic heterocycles. The summed E-state index contributed by atoms with van der Waals surface area (Å²) in [7, 11) is -1.57. The summed E-state index contributed by atoms with van der Waals surface area (Å²) in [6.45, 7) is 1.78. The summed E-state index contributed by atoms with van der Waals surface area (Å²) >= 11 is 0. The summed E-state index contributed by atoms with van der Waals surface area (Å²) in [5.74, 6) is -0.670. The van der Waals surface area contributed by atoms with E-state index >= 15 is 0 Å². The first kappa shape index (κ1) is 18.7. The lowest BCUT2D eigenvalue weighted by Gasteiger charge is -2.43. The second-order valence-electron chi connectivity index (χ2n) is 5.45. The third kappa shape index (κ3) is 2.91. The number of nitrogens with one attached hydrogen (secondary N) is 1. The van der Waals surface area contributed by atoms with Crippen molar-refractivity contribution in [1.29, 1.82) is 0 Å². The lowest BCUT2D eigenvalue weighted by molar-refractivity contribution is 0.234. The van der Waals surface area contributed by atoms with Crippen LogP contribution in [0.4, 0.5) is 5.69 Å². The molecule has 1 aromatic rings. The largest absolute Gasteiger partial charge is 0.371 e. The van der Waals surface area contributed by atoms with E-state index in [-0.39, 0.29) is 6.42 Å². The van der Waals surface area contributed by atoms with E-state index in [0.29, 0.717) is 5.69 Å². The first-order valence-electron chi connectivity index (χ1n) is 7.09. The minimum Gasteiger partial charge on any atom is -0.371 e. The van der Waals surface area contributed by atoms with E-state index in [0.717, 1.165) is 5.56 Å². The molecule has 0 bridgehead atoms. The number of benzene rings is 1. The van der Waals surface area contributed by atoms with E-state index in [9.17, 15) is 9.13 Å². The van der Waals surface area contributed by atoms with Gasteiger partial charge in [-0.15, -0.1) is 0 Å². The fourth-order valence-corrected chi connectivity index (χ4v) is 6.59. The first-order chi connectivity index (χ1) is 10.8. The Hall–Kier alpha value is -0.680. The minimum atomic E-state index is -3.50. The molecule has 7 nitrogen and oxygen atoms in total. The fourth-order valence-electron chi connectivity index (χ4n) is 3.05. The molecule has 0 radical (unpaired) electrons. The predicted molar refractivity (Wildman–Crippen MR) is 89.1 cm³/mol. The van der Waals surface area contributed by atoms with Gasteiger partial charge in [0.1, 0.15) is 5.78 Å². The van der Waals surface area contributed by atoms with Crippen LogP contribution in [0.2, 0.25) is 0 Å². The van der Waals surface area contributed by atoms with Gasteiger partial charge in [-0.25, -0.2) is 0 Å². The molecule has 0 saturated heterocycles. The summed E-state index contributed by atoms with van der Waals surface area (Å²) in [5, 5.41) is 2.18. The van der Waals surface area contributed by atoms with Gasteiger partial charge >= 0.3 is 15.2 Å². The van der Waals surface area contributed by atoms with E-state index in [1.165, 1.54) is 28.4 Å². The molecule has 1 aliphatic heterocycles. The lowest BCUT2D eigenvalue weighted by Crippen LogP contribution is -2.39. The highest BCUT2D eigenvalue weighted by Crippen LogP contribution is 2.70. The van der Waals surface area contributed by atoms with Gasteiger partial charge in [0.15, 0.2) is 0 Å². The molecule has 1 heterocycles. The lowest BCUT2D eigenvalue weighted by atomic mass is 9.91. The second kappa shape index (κ2) is 6.67. The molecular formula is C14H23NO6P2. The van der Waals surface area contributed by atoms with E-state index in [1.54, 1.807) is 6.92 Å². The van der Waals surface area contributed by atoms with Gasteiger partial charge in [-0.3, -0.25) is 9.13 Å². The summed E-state index contributed by atoms with van der Waals surface area (Å²) in [5.41, 5.74) is 1.48. The minimum absolute atomic E-state index is 0.210. The van der Waals surface area contributed by atoms with Gasteiger partial charge in [0.25, 0.3) is 0 Å². The van der Waals surface area contributed by atoms with Gasteiger partial charge in [-0.05, 0) is 25.0 Å². The highest BCUT2D eigenvalue weighted by molar-refractivity contribution is 7.56. The Morgan fingerprint density at radius 2 is 1.61 bits per heavy atom. The molecule has 9 heteroatoms. The summed E-state index contributed by atoms with van der Waals surface area (Å²) in [6, 6.07) is 7.36. The Kier molecular flexibility index (Phi) is 5.41. The van der Waals surface area contributed by atoms with Crippen LogP contribution in [0.3, 0.4) is 0 Å². The molecule has 2 atom stereocenters. The van der Waals surface area contributed by atoms with Gasteiger partial charge in [0.05, 0.1) is 5.16 Å². The molecule has 23 heavy (non-hydrogen) atoms. The summed E-state index contributed by atoms with van der Waals surface area (Å²) in [4.78, 5) is 0. The standard InChI is InChI=1S/C14H23NO6P2/c1-14(23(17,20-4)21-5)10-13(22(16,18-2)19-3)15-12-9-7-6-8-11(12)14/h6-9,13,15H,10H2,1-5H3. The van der Waals surface area contributed by atoms with Crippen molar-refractivity contribution in [2.45, 2.75) is 24.3 Å². The van der Waals surface area contributed by atoms with Gasteiger partial charge in [-0.2, -0.15) is 0 Å². The molecule has 2 unspecified atom stereocenters. The van der Waals surface area contributed by atoms with Crippen LogP contribution in [0.5, 0.6) is 0 Å². The van der Waals surface area contributed by atoms with Crippen molar-refractivity contribution in [3.05, 3.63) is 29.8 Å². The third-order valence-corrected chi connectivity index (χ3v) is 9.08. The third-order valence-electron chi connectivity index (χ3n) is 4.40. The molecule has 0 amide bonds. The zero-order valence-electron chi connectivity index (χ0n) is 13.9. The zero-order chi connectivity index (χ0) is 17.3. The fraction of sp³-hybridized carbons (Fsp3) is 0.571. The maximum atomic E-state index is 13.2. The second-order valence-corrected chi connectivity index (χ2v) is 10.6. The van der Waals surface area contributed by atoms with Crippen molar-refractivity contribution < 1.29 is 27.2 Å². The van der Waals surface area contributed by atoms with Crippen LogP contribution >= 0.6 is 15.2 Å². The smallest absolute Gasteiger partial charge is 0.352 e. The van der Waals surface area contributed by atoms with Crippen molar-refractivity contribution in [1.82, 2.24) is 0 Å². The molecule has 1 aromatic carbocycles. The molecule has 1 aliphatic rings. The molecule has 1 N–H and O–H groups in total. The van der Waals surface area contributed by atoms with Crippen molar-refractivity contribution in [3.63, 3.8) is 0 Å². The number of fused-ring (bicyclic) bond motifs is 1. The molecule has 0 fully saturated rings. The number of hydrogen-bond acceptors (Lipinski definition) is 7. The van der Waals surface area contributed by atoms with Crippen LogP contribution in [0.25, 0.3) is 0 Å². The van der Waals surface area contributed by atoms with E-state index < -0.39 is 26.1 Å². The number of para-hydroxylation sites is 1. The van der Waals surface area contributed by atoms with E-state index in [1.807, 2.05) is 24.3 Å². The predicted octanol–water partition coefficient (Wildman–Crippen LogP) is 4.02. The van der Waals surface area contributed by atoms with Crippen LogP contribution in [-0.2, 0) is 32.4 Å². The van der Waals surface area contributed by atoms with Crippen molar-refractivity contribution in [3.8, 4) is 0 Å². The molecule has 130 valence electrons. The van der Waals surface area contributed by atoms with Crippen LogP contribution in [0.15, 0.2) is 24.3 Å². The highest BCUT2D eigenvalue weighted by Gasteiger charge is 2.55. The number of anilines is 1. The van der Waals surface area contributed by atoms with Crippen LogP contribution in [0, 0.1) is 0 Å². The average molecular weight is 363 g/mol. The zero-order valence-corrected chi connectivity index (χ0v) is 15.7. The maximum absolute atomic E-state index is 13.2. The number of rotatable bonds is 6. The monoisotopic (exact) mass is 363 g/mol. The van der Waals surface area contributed by atoms with E-state index in [2.05, 4.69) is 5.32 Å². The Morgan fingerprint density at radius 1 is 1.04 bits per heavy atom. The normalized spacial score (nSPS) is 24.8. The Morgan fingerprint density at radius 3 is 2.13 bits per heavy atom. The van der Waals surface area contributed by atoms with Gasteiger partial charge in [0.2, 0.25) is 0 Å². The Bertz CT molecular complexity index is 650. The van der Waals surface area contributed by atoms with Crippen molar-refractivity contribution in [2.75, 3.05) is 33.8 Å². The average Bonchev–Trinajstić information content (AvgIpc) is 2.60. The van der Waals surface area contributed by atoms with E-state index in [4.69, 9.17) is 18.1 Å². The van der Waals surface area contributed by atoms with Crippen LogP contribution < -0.4 is 5.32 Å². The van der Waals surface area contributed by atoms with Crippen LogP contribution in [-0.4, -0.2) is 34.2 Å². The van der Waals surface area contributed by atoms with Gasteiger partial charge < -0.3 is 23.4 Å². The quantitative estimate of drug-likeness (QED) is 0.765. The Labute approximate surface area is 136 Å². The van der Waals surface area contributed by atoms with Gasteiger partial charge in [0, 0.05) is 34.1 Å². The topological polar surface area (TPSA) is 83.1 Å². The molecule has 0 aliphatic carbocycles. The molecule has 0 spiro atoms. The SMILES string of the molecule is COP(=O)(OC)C1CC(C)(P(=O)(OC)OC)c2ccccc2N1. The molecule has 0 saturated carbocycles. The van der Waals surface area contributed by atoms with Gasteiger partial charge in [-0.1, -0.05) is 18.2 Å². The summed E-state index contributed by atoms with van der Waals surface area (Å²) in [6.07, 6.45) is 0.210. The summed E-state index contributed by atoms with van der Waals surface area (Å²) < 4.78 is 46.8. The van der Waals surface area contributed by atoms with Crippen molar-refractivity contribution >= 4 is 20.9 Å². The van der Waals surface area contributed by atoms with Crippen LogP contribution in [0.1, 0.15) is 18.9 Å². The molecule has 2 rings (SSSR count). The first-order valence-corrected chi connectivity index (χ1v) is 10.2. The van der Waals surface area contributed by atoms with Crippen molar-refractivity contribution in [2.24, 2.45) is 0 Å².